The Kier molecular flexibility index (Phi) is 5.14. The molecule has 20 heavy (non-hydrogen) atoms. The van der Waals surface area contributed by atoms with Gasteiger partial charge in [-0.2, -0.15) is 0 Å². The number of carbonyl (C=O) groups is 1. The van der Waals surface area contributed by atoms with Crippen LogP contribution in [0.1, 0.15) is 37.7 Å². The summed E-state index contributed by atoms with van der Waals surface area (Å²) in [6.07, 6.45) is 5.29. The molecule has 0 heterocycles. The van der Waals surface area contributed by atoms with Crippen molar-refractivity contribution in [3.05, 3.63) is 29.6 Å². The zero-order chi connectivity index (χ0) is 14.4. The maximum absolute atomic E-state index is 13.5. The molecule has 0 spiro atoms. The normalized spacial score (nSPS) is 15.3. The van der Waals surface area contributed by atoms with E-state index in [0.29, 0.717) is 5.69 Å². The average molecular weight is 274 g/mol. The summed E-state index contributed by atoms with van der Waals surface area (Å²) in [5.41, 5.74) is 6.12. The average Bonchev–Trinajstić information content (AvgIpc) is 2.48. The summed E-state index contributed by atoms with van der Waals surface area (Å²) in [6, 6.07) is 4.43. The number of anilines is 1. The largest absolute Gasteiger partial charge is 0.326 e. The lowest BCUT2D eigenvalue weighted by molar-refractivity contribution is -0.120. The predicted octanol–water partition coefficient (Wildman–Crippen LogP) is 2.65. The fraction of sp³-hybridized carbons (Fsp3) is 0.438. The number of nitrogens with two attached hydrogens (primary N) is 1. The number of carbonyl (C=O) groups excluding carboxylic acids is 1. The molecule has 0 aliphatic heterocycles. The molecule has 1 aromatic carbocycles. The van der Waals surface area contributed by atoms with Crippen molar-refractivity contribution in [1.29, 1.82) is 0 Å². The molecule has 0 radical (unpaired) electrons. The van der Waals surface area contributed by atoms with Crippen LogP contribution in [0.5, 0.6) is 0 Å². The minimum absolute atomic E-state index is 0.0223. The van der Waals surface area contributed by atoms with Crippen molar-refractivity contribution in [2.45, 2.75) is 32.1 Å². The summed E-state index contributed by atoms with van der Waals surface area (Å²) in [5.74, 6) is 4.98. The Labute approximate surface area is 118 Å². The monoisotopic (exact) mass is 274 g/mol. The van der Waals surface area contributed by atoms with E-state index in [1.807, 2.05) is 0 Å². The Hall–Kier alpha value is -1.86. The lowest BCUT2D eigenvalue weighted by Gasteiger charge is -2.20. The van der Waals surface area contributed by atoms with Crippen molar-refractivity contribution in [2.24, 2.45) is 11.7 Å². The predicted molar refractivity (Wildman–Crippen MR) is 77.5 cm³/mol. The molecule has 1 amide bonds. The van der Waals surface area contributed by atoms with E-state index < -0.39 is 5.82 Å². The summed E-state index contributed by atoms with van der Waals surface area (Å²) < 4.78 is 13.5. The van der Waals surface area contributed by atoms with E-state index in [-0.39, 0.29) is 23.9 Å². The second kappa shape index (κ2) is 7.06. The van der Waals surface area contributed by atoms with E-state index >= 15 is 0 Å². The van der Waals surface area contributed by atoms with Gasteiger partial charge in [-0.15, -0.1) is 0 Å². The number of amides is 1. The van der Waals surface area contributed by atoms with E-state index in [9.17, 15) is 9.18 Å². The molecule has 106 valence electrons. The van der Waals surface area contributed by atoms with Crippen LogP contribution in [-0.2, 0) is 4.79 Å². The molecule has 1 aromatic rings. The number of hydrogen-bond acceptors (Lipinski definition) is 2. The van der Waals surface area contributed by atoms with Gasteiger partial charge < -0.3 is 11.1 Å². The van der Waals surface area contributed by atoms with Crippen LogP contribution < -0.4 is 11.1 Å². The Balaban J connectivity index is 2.07. The van der Waals surface area contributed by atoms with E-state index in [1.165, 1.54) is 12.5 Å². The van der Waals surface area contributed by atoms with Gasteiger partial charge in [-0.3, -0.25) is 4.79 Å². The molecule has 0 bridgehead atoms. The molecule has 3 N–H and O–H groups in total. The second-order valence-electron chi connectivity index (χ2n) is 5.02. The topological polar surface area (TPSA) is 55.1 Å². The summed E-state index contributed by atoms with van der Waals surface area (Å²) in [6.45, 7) is 0.179. The van der Waals surface area contributed by atoms with Gasteiger partial charge in [-0.05, 0) is 31.0 Å². The van der Waals surface area contributed by atoms with E-state index in [4.69, 9.17) is 5.73 Å². The second-order valence-corrected chi connectivity index (χ2v) is 5.02. The molecule has 0 unspecified atom stereocenters. The van der Waals surface area contributed by atoms with Crippen molar-refractivity contribution >= 4 is 11.6 Å². The molecule has 1 aliphatic carbocycles. The third kappa shape index (κ3) is 3.82. The molecule has 0 atom stereocenters. The van der Waals surface area contributed by atoms with Gasteiger partial charge in [0.1, 0.15) is 5.82 Å². The number of benzene rings is 1. The summed E-state index contributed by atoms with van der Waals surface area (Å²) in [5, 5.41) is 2.85. The SMILES string of the molecule is NCC#Cc1cc(NC(=O)C2CCCCC2)ccc1F. The van der Waals surface area contributed by atoms with Crippen LogP contribution in [0.4, 0.5) is 10.1 Å². The van der Waals surface area contributed by atoms with Crippen LogP contribution in [0.15, 0.2) is 18.2 Å². The quantitative estimate of drug-likeness (QED) is 0.815. The van der Waals surface area contributed by atoms with E-state index in [1.54, 1.807) is 12.1 Å². The maximum Gasteiger partial charge on any atom is 0.227 e. The molecule has 0 saturated heterocycles. The molecule has 3 nitrogen and oxygen atoms in total. The minimum atomic E-state index is -0.401. The Morgan fingerprint density at radius 1 is 1.35 bits per heavy atom. The lowest BCUT2D eigenvalue weighted by atomic mass is 9.88. The highest BCUT2D eigenvalue weighted by Gasteiger charge is 2.21. The molecule has 1 saturated carbocycles. The highest BCUT2D eigenvalue weighted by atomic mass is 19.1. The van der Waals surface area contributed by atoms with Crippen LogP contribution >= 0.6 is 0 Å². The fourth-order valence-corrected chi connectivity index (χ4v) is 2.45. The molecule has 2 rings (SSSR count). The van der Waals surface area contributed by atoms with Crippen LogP contribution in [0.3, 0.4) is 0 Å². The molecule has 0 aromatic heterocycles. The highest BCUT2D eigenvalue weighted by Crippen LogP contribution is 2.25. The van der Waals surface area contributed by atoms with Gasteiger partial charge >= 0.3 is 0 Å². The number of nitrogens with one attached hydrogen (secondary N) is 1. The first-order valence-corrected chi connectivity index (χ1v) is 7.00. The van der Waals surface area contributed by atoms with Crippen LogP contribution in [-0.4, -0.2) is 12.5 Å². The van der Waals surface area contributed by atoms with Gasteiger partial charge in [-0.25, -0.2) is 4.39 Å². The molecular formula is C16H19FN2O. The number of hydrogen-bond donors (Lipinski definition) is 2. The Morgan fingerprint density at radius 3 is 2.80 bits per heavy atom. The smallest absolute Gasteiger partial charge is 0.227 e. The molecule has 1 fully saturated rings. The molecule has 1 aliphatic rings. The van der Waals surface area contributed by atoms with Crippen LogP contribution in [0.2, 0.25) is 0 Å². The summed E-state index contributed by atoms with van der Waals surface area (Å²) in [4.78, 5) is 12.1. The first-order valence-electron chi connectivity index (χ1n) is 7.00. The fourth-order valence-electron chi connectivity index (χ4n) is 2.45. The van der Waals surface area contributed by atoms with Gasteiger partial charge in [0.15, 0.2) is 0 Å². The first kappa shape index (κ1) is 14.5. The number of halogens is 1. The summed E-state index contributed by atoms with van der Waals surface area (Å²) in [7, 11) is 0. The van der Waals surface area contributed by atoms with Crippen molar-refractivity contribution in [2.75, 3.05) is 11.9 Å². The number of rotatable bonds is 2. The van der Waals surface area contributed by atoms with Crippen molar-refractivity contribution in [3.63, 3.8) is 0 Å². The Morgan fingerprint density at radius 2 is 2.10 bits per heavy atom. The zero-order valence-electron chi connectivity index (χ0n) is 11.4. The van der Waals surface area contributed by atoms with E-state index in [2.05, 4.69) is 17.2 Å². The highest BCUT2D eigenvalue weighted by molar-refractivity contribution is 5.92. The first-order chi connectivity index (χ1) is 9.70. The summed E-state index contributed by atoms with van der Waals surface area (Å²) >= 11 is 0. The van der Waals surface area contributed by atoms with Gasteiger partial charge in [0, 0.05) is 11.6 Å². The third-order valence-corrected chi connectivity index (χ3v) is 3.53. The zero-order valence-corrected chi connectivity index (χ0v) is 11.4. The maximum atomic E-state index is 13.5. The van der Waals surface area contributed by atoms with Crippen LogP contribution in [0, 0.1) is 23.6 Å². The van der Waals surface area contributed by atoms with Gasteiger partial charge in [0.05, 0.1) is 12.1 Å². The lowest BCUT2D eigenvalue weighted by Crippen LogP contribution is -2.24. The van der Waals surface area contributed by atoms with Gasteiger partial charge in [0.2, 0.25) is 5.91 Å². The molecule has 4 heteroatoms. The van der Waals surface area contributed by atoms with Gasteiger partial charge in [0.25, 0.3) is 0 Å². The van der Waals surface area contributed by atoms with Gasteiger partial charge in [-0.1, -0.05) is 31.1 Å². The standard InChI is InChI=1S/C16H19FN2O/c17-15-9-8-14(11-13(15)7-4-10-18)19-16(20)12-5-2-1-3-6-12/h8-9,11-12H,1-3,5-6,10,18H2,(H,19,20). The molecular weight excluding hydrogens is 255 g/mol. The van der Waals surface area contributed by atoms with Crippen molar-refractivity contribution in [1.82, 2.24) is 0 Å². The van der Waals surface area contributed by atoms with Crippen molar-refractivity contribution < 1.29 is 9.18 Å². The van der Waals surface area contributed by atoms with Crippen molar-refractivity contribution in [3.8, 4) is 11.8 Å². The third-order valence-electron chi connectivity index (χ3n) is 3.53. The van der Waals surface area contributed by atoms with E-state index in [0.717, 1.165) is 25.7 Å². The minimum Gasteiger partial charge on any atom is -0.326 e. The Bertz CT molecular complexity index is 539. The van der Waals surface area contributed by atoms with Crippen LogP contribution in [0.25, 0.3) is 0 Å².